The van der Waals surface area contributed by atoms with Gasteiger partial charge in [-0.15, -0.1) is 0 Å². The third kappa shape index (κ3) is 4.04. The number of nitrogens with zero attached hydrogens (tertiary/aromatic N) is 2. The number of ether oxygens (including phenoxy) is 2. The second-order valence-electron chi connectivity index (χ2n) is 9.35. The fraction of sp³-hybridized carbons (Fsp3) is 0.296. The van der Waals surface area contributed by atoms with E-state index in [-0.39, 0.29) is 17.5 Å². The highest BCUT2D eigenvalue weighted by Gasteiger charge is 2.43. The summed E-state index contributed by atoms with van der Waals surface area (Å²) in [5.74, 6) is -1.32. The van der Waals surface area contributed by atoms with Crippen LogP contribution in [0.2, 0.25) is 0 Å². The van der Waals surface area contributed by atoms with E-state index < -0.39 is 23.1 Å². The molecule has 180 valence electrons. The molecule has 2 aliphatic rings. The van der Waals surface area contributed by atoms with E-state index in [9.17, 15) is 14.0 Å². The Kier molecular flexibility index (Phi) is 5.76. The van der Waals surface area contributed by atoms with Gasteiger partial charge in [-0.2, -0.15) is 0 Å². The summed E-state index contributed by atoms with van der Waals surface area (Å²) in [6.07, 6.45) is 0. The number of carbonyl (C=O) groups excluding carboxylic acids is 2. The second kappa shape index (κ2) is 8.78. The van der Waals surface area contributed by atoms with Gasteiger partial charge in [-0.1, -0.05) is 44.2 Å². The summed E-state index contributed by atoms with van der Waals surface area (Å²) in [6, 6.07) is 15.5. The van der Waals surface area contributed by atoms with Crippen LogP contribution < -0.4 is 10.5 Å². The van der Waals surface area contributed by atoms with Crippen molar-refractivity contribution in [3.8, 4) is 22.9 Å². The third-order valence-corrected chi connectivity index (χ3v) is 6.79. The normalized spacial score (nSPS) is 17.2. The first kappa shape index (κ1) is 23.0. The van der Waals surface area contributed by atoms with Crippen LogP contribution in [0.3, 0.4) is 0 Å². The molecule has 1 fully saturated rings. The second-order valence-corrected chi connectivity index (χ2v) is 9.35. The van der Waals surface area contributed by atoms with Crippen LogP contribution in [0.5, 0.6) is 11.6 Å². The average Bonchev–Trinajstić information content (AvgIpc) is 2.87. The minimum Gasteiger partial charge on any atom is -0.435 e. The molecule has 0 spiro atoms. The van der Waals surface area contributed by atoms with E-state index in [0.29, 0.717) is 48.7 Å². The van der Waals surface area contributed by atoms with Crippen molar-refractivity contribution in [3.05, 3.63) is 77.1 Å². The molecule has 5 rings (SSSR count). The molecule has 35 heavy (non-hydrogen) atoms. The number of amides is 2. The molecule has 0 saturated carbocycles. The van der Waals surface area contributed by atoms with Gasteiger partial charge in [0.25, 0.3) is 5.91 Å². The highest BCUT2D eigenvalue weighted by atomic mass is 19.1. The van der Waals surface area contributed by atoms with Gasteiger partial charge >= 0.3 is 0 Å². The lowest BCUT2D eigenvalue weighted by Crippen LogP contribution is -2.40. The predicted octanol–water partition coefficient (Wildman–Crippen LogP) is 4.11. The molecule has 2 aliphatic heterocycles. The number of benzene rings is 2. The summed E-state index contributed by atoms with van der Waals surface area (Å²) in [4.78, 5) is 31.5. The molecule has 2 amide bonds. The first-order valence-electron chi connectivity index (χ1n) is 11.5. The molecule has 8 heteroatoms. The Morgan fingerprint density at radius 3 is 2.43 bits per heavy atom. The lowest BCUT2D eigenvalue weighted by Gasteiger charge is -2.36. The maximum atomic E-state index is 14.7. The van der Waals surface area contributed by atoms with Gasteiger partial charge in [0.15, 0.2) is 11.6 Å². The van der Waals surface area contributed by atoms with E-state index in [2.05, 4.69) is 4.98 Å². The first-order valence-corrected chi connectivity index (χ1v) is 11.5. The zero-order valence-electron chi connectivity index (χ0n) is 19.6. The largest absolute Gasteiger partial charge is 0.435 e. The number of morpholine rings is 1. The number of hydrogen-bond donors (Lipinski definition) is 1. The number of halogens is 1. The number of nitrogens with two attached hydrogens (primary N) is 1. The number of carbonyl (C=O) groups is 2. The van der Waals surface area contributed by atoms with Gasteiger partial charge in [-0.25, -0.2) is 9.37 Å². The lowest BCUT2D eigenvalue weighted by molar-refractivity contribution is -0.126. The maximum Gasteiger partial charge on any atom is 0.254 e. The minimum absolute atomic E-state index is 0.0369. The van der Waals surface area contributed by atoms with Gasteiger partial charge in [0.05, 0.1) is 24.3 Å². The summed E-state index contributed by atoms with van der Waals surface area (Å²) in [5.41, 5.74) is 7.91. The zero-order valence-corrected chi connectivity index (χ0v) is 19.6. The number of pyridine rings is 1. The summed E-state index contributed by atoms with van der Waals surface area (Å²) < 4.78 is 25.9. The Bertz CT molecular complexity index is 1300. The molecular formula is C27H26FN3O4. The molecule has 1 saturated heterocycles. The van der Waals surface area contributed by atoms with E-state index in [4.69, 9.17) is 15.2 Å². The summed E-state index contributed by atoms with van der Waals surface area (Å²) in [5, 5.41) is 0. The molecule has 2 N–H and O–H groups in total. The topological polar surface area (TPSA) is 94.8 Å². The van der Waals surface area contributed by atoms with Crippen molar-refractivity contribution < 1.29 is 23.5 Å². The van der Waals surface area contributed by atoms with Crippen molar-refractivity contribution in [2.45, 2.75) is 19.8 Å². The Morgan fingerprint density at radius 2 is 1.74 bits per heavy atom. The number of hydrogen-bond acceptors (Lipinski definition) is 5. The molecule has 0 bridgehead atoms. The van der Waals surface area contributed by atoms with Crippen LogP contribution in [0.25, 0.3) is 11.3 Å². The van der Waals surface area contributed by atoms with Crippen LogP contribution in [-0.4, -0.2) is 48.0 Å². The summed E-state index contributed by atoms with van der Waals surface area (Å²) in [6.45, 7) is 5.71. The van der Waals surface area contributed by atoms with Crippen LogP contribution in [0.1, 0.15) is 41.3 Å². The Labute approximate surface area is 202 Å². The fourth-order valence-electron chi connectivity index (χ4n) is 4.69. The summed E-state index contributed by atoms with van der Waals surface area (Å²) in [7, 11) is 0. The molecule has 0 unspecified atom stereocenters. The van der Waals surface area contributed by atoms with Gasteiger partial charge in [0.2, 0.25) is 11.8 Å². The van der Waals surface area contributed by atoms with Gasteiger partial charge in [-0.3, -0.25) is 9.59 Å². The van der Waals surface area contributed by atoms with Crippen molar-refractivity contribution in [3.63, 3.8) is 0 Å². The number of aromatic nitrogens is 1. The highest BCUT2D eigenvalue weighted by molar-refractivity contribution is 5.94. The van der Waals surface area contributed by atoms with E-state index in [1.54, 1.807) is 43.0 Å². The van der Waals surface area contributed by atoms with Crippen LogP contribution in [-0.2, 0) is 9.53 Å². The predicted molar refractivity (Wildman–Crippen MR) is 128 cm³/mol. The van der Waals surface area contributed by atoms with E-state index in [1.807, 2.05) is 24.3 Å². The van der Waals surface area contributed by atoms with Crippen molar-refractivity contribution in [1.29, 1.82) is 0 Å². The van der Waals surface area contributed by atoms with Gasteiger partial charge in [0, 0.05) is 41.3 Å². The molecule has 0 aliphatic carbocycles. The monoisotopic (exact) mass is 475 g/mol. The average molecular weight is 476 g/mol. The Hall–Kier alpha value is -3.78. The third-order valence-electron chi connectivity index (χ3n) is 6.79. The van der Waals surface area contributed by atoms with Gasteiger partial charge < -0.3 is 20.1 Å². The molecule has 7 nitrogen and oxygen atoms in total. The molecule has 0 radical (unpaired) electrons. The van der Waals surface area contributed by atoms with Crippen molar-refractivity contribution in [1.82, 2.24) is 9.88 Å². The molecule has 2 aromatic carbocycles. The fourth-order valence-corrected chi connectivity index (χ4v) is 4.69. The molecule has 3 heterocycles. The SMILES string of the molecule is CC(C)(C(N)=O)[C@@H]1c2ccc(-c3ccc(C(=O)N4CCOCC4)cc3)nc2Oc2c(F)cccc21. The molecular weight excluding hydrogens is 449 g/mol. The lowest BCUT2D eigenvalue weighted by atomic mass is 9.70. The van der Waals surface area contributed by atoms with Crippen LogP contribution in [0.15, 0.2) is 54.6 Å². The first-order chi connectivity index (χ1) is 16.8. The smallest absolute Gasteiger partial charge is 0.254 e. The number of primary amides is 1. The van der Waals surface area contributed by atoms with E-state index >= 15 is 0 Å². The Morgan fingerprint density at radius 1 is 1.03 bits per heavy atom. The number of fused-ring (bicyclic) bond motifs is 2. The highest BCUT2D eigenvalue weighted by Crippen LogP contribution is 2.52. The van der Waals surface area contributed by atoms with Crippen molar-refractivity contribution >= 4 is 11.8 Å². The zero-order chi connectivity index (χ0) is 24.7. The maximum absolute atomic E-state index is 14.7. The number of rotatable bonds is 4. The van der Waals surface area contributed by atoms with Crippen LogP contribution in [0.4, 0.5) is 4.39 Å². The quantitative estimate of drug-likeness (QED) is 0.613. The van der Waals surface area contributed by atoms with Crippen molar-refractivity contribution in [2.24, 2.45) is 11.1 Å². The van der Waals surface area contributed by atoms with Crippen LogP contribution in [0, 0.1) is 11.2 Å². The van der Waals surface area contributed by atoms with E-state index in [1.165, 1.54) is 6.07 Å². The summed E-state index contributed by atoms with van der Waals surface area (Å²) >= 11 is 0. The molecule has 1 atom stereocenters. The molecule has 3 aromatic rings. The van der Waals surface area contributed by atoms with Crippen LogP contribution >= 0.6 is 0 Å². The standard InChI is InChI=1S/C27H26FN3O4/c1-27(2,26(29)33)22-18-4-3-5-20(28)23(18)35-24-19(22)10-11-21(30-24)16-6-8-17(9-7-16)25(32)31-12-14-34-15-13-31/h3-11,22H,12-15H2,1-2H3,(H2,29,33)/t22-/m0/s1. The Balaban J connectivity index is 1.50. The number of para-hydroxylation sites is 1. The van der Waals surface area contributed by atoms with Gasteiger partial charge in [0.1, 0.15) is 0 Å². The van der Waals surface area contributed by atoms with Gasteiger partial charge in [-0.05, 0) is 24.3 Å². The minimum atomic E-state index is -1.01. The van der Waals surface area contributed by atoms with E-state index in [0.717, 1.165) is 5.56 Å². The molecule has 1 aromatic heterocycles. The van der Waals surface area contributed by atoms with Crippen molar-refractivity contribution in [2.75, 3.05) is 26.3 Å².